The highest BCUT2D eigenvalue weighted by Crippen LogP contribution is 2.35. The number of pyridine rings is 1. The third-order valence-electron chi connectivity index (χ3n) is 3.52. The molecule has 0 spiro atoms. The molecule has 3 rings (SSSR count). The van der Waals surface area contributed by atoms with Gasteiger partial charge in [-0.2, -0.15) is 0 Å². The molecule has 0 amide bonds. The van der Waals surface area contributed by atoms with Crippen LogP contribution in [0.5, 0.6) is 11.5 Å². The fourth-order valence-corrected chi connectivity index (χ4v) is 2.63. The molecule has 21 heavy (non-hydrogen) atoms. The molecule has 3 aromatic rings. The van der Waals surface area contributed by atoms with Crippen molar-refractivity contribution in [2.75, 3.05) is 7.11 Å². The van der Waals surface area contributed by atoms with Crippen LogP contribution in [-0.2, 0) is 6.42 Å². The normalized spacial score (nSPS) is 10.8. The van der Waals surface area contributed by atoms with Crippen LogP contribution in [0.15, 0.2) is 48.8 Å². The van der Waals surface area contributed by atoms with E-state index in [1.165, 1.54) is 7.11 Å². The van der Waals surface area contributed by atoms with Crippen LogP contribution in [-0.4, -0.2) is 17.2 Å². The first-order valence-electron chi connectivity index (χ1n) is 6.56. The van der Waals surface area contributed by atoms with Crippen molar-refractivity contribution in [3.63, 3.8) is 0 Å². The average molecular weight is 300 g/mol. The standard InChI is InChI=1S/C17H14ClNO2/c1-21-16-7-6-13-12(9-19-10-14(13)17(16)20)8-11-4-2-3-5-15(11)18/h2-7,9-10,20H,8H2,1H3. The van der Waals surface area contributed by atoms with E-state index in [2.05, 4.69) is 4.98 Å². The summed E-state index contributed by atoms with van der Waals surface area (Å²) in [4.78, 5) is 4.22. The van der Waals surface area contributed by atoms with Crippen LogP contribution in [0.3, 0.4) is 0 Å². The summed E-state index contributed by atoms with van der Waals surface area (Å²) in [6, 6.07) is 11.4. The summed E-state index contributed by atoms with van der Waals surface area (Å²) in [6.45, 7) is 0. The van der Waals surface area contributed by atoms with Crippen LogP contribution in [0.4, 0.5) is 0 Å². The topological polar surface area (TPSA) is 42.4 Å². The van der Waals surface area contributed by atoms with Gasteiger partial charge in [-0.15, -0.1) is 0 Å². The number of phenols is 1. The molecule has 0 atom stereocenters. The van der Waals surface area contributed by atoms with Crippen LogP contribution in [0.1, 0.15) is 11.1 Å². The Kier molecular flexibility index (Phi) is 3.67. The van der Waals surface area contributed by atoms with Gasteiger partial charge in [-0.3, -0.25) is 4.98 Å². The van der Waals surface area contributed by atoms with E-state index in [4.69, 9.17) is 16.3 Å². The van der Waals surface area contributed by atoms with Gasteiger partial charge in [0.05, 0.1) is 7.11 Å². The lowest BCUT2D eigenvalue weighted by molar-refractivity contribution is 0.376. The summed E-state index contributed by atoms with van der Waals surface area (Å²) in [6.07, 6.45) is 4.11. The van der Waals surface area contributed by atoms with E-state index in [9.17, 15) is 5.11 Å². The highest BCUT2D eigenvalue weighted by Gasteiger charge is 2.11. The van der Waals surface area contributed by atoms with E-state index in [0.29, 0.717) is 17.6 Å². The molecule has 1 aromatic heterocycles. The zero-order chi connectivity index (χ0) is 14.8. The molecule has 0 aliphatic carbocycles. The number of aromatic nitrogens is 1. The number of aromatic hydroxyl groups is 1. The third kappa shape index (κ3) is 2.52. The van der Waals surface area contributed by atoms with Gasteiger partial charge in [0.1, 0.15) is 0 Å². The monoisotopic (exact) mass is 299 g/mol. The Bertz CT molecular complexity index is 802. The largest absolute Gasteiger partial charge is 0.504 e. The van der Waals surface area contributed by atoms with Crippen molar-refractivity contribution < 1.29 is 9.84 Å². The first-order valence-corrected chi connectivity index (χ1v) is 6.94. The Morgan fingerprint density at radius 2 is 1.86 bits per heavy atom. The SMILES string of the molecule is COc1ccc2c(Cc3ccccc3Cl)cncc2c1O. The number of phenolic OH excluding ortho intramolecular Hbond substituents is 1. The Balaban J connectivity index is 2.12. The van der Waals surface area contributed by atoms with Gasteiger partial charge in [-0.1, -0.05) is 35.9 Å². The molecule has 106 valence electrons. The lowest BCUT2D eigenvalue weighted by Crippen LogP contribution is -1.93. The lowest BCUT2D eigenvalue weighted by Gasteiger charge is -2.10. The van der Waals surface area contributed by atoms with Gasteiger partial charge in [0, 0.05) is 29.2 Å². The fourth-order valence-electron chi connectivity index (χ4n) is 2.42. The van der Waals surface area contributed by atoms with Gasteiger partial charge in [-0.05, 0) is 28.6 Å². The molecular formula is C17H14ClNO2. The van der Waals surface area contributed by atoms with Gasteiger partial charge in [0.2, 0.25) is 0 Å². The van der Waals surface area contributed by atoms with Crippen LogP contribution in [0, 0.1) is 0 Å². The number of hydrogen-bond acceptors (Lipinski definition) is 3. The van der Waals surface area contributed by atoms with Gasteiger partial charge in [0.25, 0.3) is 0 Å². The third-order valence-corrected chi connectivity index (χ3v) is 3.89. The lowest BCUT2D eigenvalue weighted by atomic mass is 10.0. The van der Waals surface area contributed by atoms with E-state index in [-0.39, 0.29) is 5.75 Å². The van der Waals surface area contributed by atoms with Crippen molar-refractivity contribution in [2.24, 2.45) is 0 Å². The van der Waals surface area contributed by atoms with Crippen molar-refractivity contribution in [2.45, 2.75) is 6.42 Å². The van der Waals surface area contributed by atoms with E-state index in [1.807, 2.05) is 30.3 Å². The van der Waals surface area contributed by atoms with Crippen LogP contribution >= 0.6 is 11.6 Å². The number of rotatable bonds is 3. The van der Waals surface area contributed by atoms with E-state index in [1.54, 1.807) is 18.5 Å². The molecule has 0 fully saturated rings. The van der Waals surface area contributed by atoms with Gasteiger partial charge < -0.3 is 9.84 Å². The zero-order valence-corrected chi connectivity index (χ0v) is 12.3. The van der Waals surface area contributed by atoms with Crippen LogP contribution in [0.2, 0.25) is 5.02 Å². The Morgan fingerprint density at radius 1 is 1.05 bits per heavy atom. The number of nitrogens with zero attached hydrogens (tertiary/aromatic N) is 1. The van der Waals surface area contributed by atoms with Crippen molar-refractivity contribution in [3.8, 4) is 11.5 Å². The molecule has 0 aliphatic rings. The smallest absolute Gasteiger partial charge is 0.167 e. The Labute approximate surface area is 127 Å². The zero-order valence-electron chi connectivity index (χ0n) is 11.5. The molecule has 0 unspecified atom stereocenters. The maximum Gasteiger partial charge on any atom is 0.167 e. The average Bonchev–Trinajstić information content (AvgIpc) is 2.51. The molecule has 0 radical (unpaired) electrons. The summed E-state index contributed by atoms with van der Waals surface area (Å²) in [5, 5.41) is 12.6. The second-order valence-electron chi connectivity index (χ2n) is 4.78. The van der Waals surface area contributed by atoms with E-state index < -0.39 is 0 Å². The minimum atomic E-state index is 0.114. The summed E-state index contributed by atoms with van der Waals surface area (Å²) >= 11 is 6.21. The highest BCUT2D eigenvalue weighted by molar-refractivity contribution is 6.31. The number of methoxy groups -OCH3 is 1. The second-order valence-corrected chi connectivity index (χ2v) is 5.19. The maximum atomic E-state index is 10.2. The summed E-state index contributed by atoms with van der Waals surface area (Å²) in [5.74, 6) is 0.558. The molecule has 0 saturated heterocycles. The molecule has 0 bridgehead atoms. The summed E-state index contributed by atoms with van der Waals surface area (Å²) < 4.78 is 5.13. The molecule has 1 heterocycles. The number of fused-ring (bicyclic) bond motifs is 1. The molecule has 0 aliphatic heterocycles. The Morgan fingerprint density at radius 3 is 2.62 bits per heavy atom. The molecule has 4 heteroatoms. The summed E-state index contributed by atoms with van der Waals surface area (Å²) in [5.41, 5.74) is 2.04. The van der Waals surface area contributed by atoms with Gasteiger partial charge in [0.15, 0.2) is 11.5 Å². The number of hydrogen-bond donors (Lipinski definition) is 1. The number of ether oxygens (including phenoxy) is 1. The van der Waals surface area contributed by atoms with Crippen molar-refractivity contribution in [1.82, 2.24) is 4.98 Å². The molecule has 2 aromatic carbocycles. The quantitative estimate of drug-likeness (QED) is 0.788. The van der Waals surface area contributed by atoms with E-state index >= 15 is 0 Å². The van der Waals surface area contributed by atoms with Gasteiger partial charge in [-0.25, -0.2) is 0 Å². The molecule has 3 nitrogen and oxygen atoms in total. The maximum absolute atomic E-state index is 10.2. The number of halogens is 1. The number of benzene rings is 2. The van der Waals surface area contributed by atoms with Crippen LogP contribution < -0.4 is 4.74 Å². The highest BCUT2D eigenvalue weighted by atomic mass is 35.5. The predicted molar refractivity (Wildman–Crippen MR) is 84.2 cm³/mol. The van der Waals surface area contributed by atoms with E-state index in [0.717, 1.165) is 21.5 Å². The van der Waals surface area contributed by atoms with Crippen molar-refractivity contribution in [3.05, 3.63) is 64.9 Å². The van der Waals surface area contributed by atoms with Crippen molar-refractivity contribution in [1.29, 1.82) is 0 Å². The molecule has 0 saturated carbocycles. The summed E-state index contributed by atoms with van der Waals surface area (Å²) in [7, 11) is 1.53. The predicted octanol–water partition coefficient (Wildman–Crippen LogP) is 4.19. The van der Waals surface area contributed by atoms with Crippen molar-refractivity contribution >= 4 is 22.4 Å². The fraction of sp³-hybridized carbons (Fsp3) is 0.118. The Hall–Kier alpha value is -2.26. The first kappa shape index (κ1) is 13.7. The van der Waals surface area contributed by atoms with Gasteiger partial charge >= 0.3 is 0 Å². The molecule has 1 N–H and O–H groups in total. The first-order chi connectivity index (χ1) is 10.2. The minimum absolute atomic E-state index is 0.114. The molecular weight excluding hydrogens is 286 g/mol. The minimum Gasteiger partial charge on any atom is -0.504 e. The van der Waals surface area contributed by atoms with Crippen LogP contribution in [0.25, 0.3) is 10.8 Å². The second kappa shape index (κ2) is 5.62.